The molecule has 0 saturated heterocycles. The van der Waals surface area contributed by atoms with Crippen LogP contribution in [-0.4, -0.2) is 11.7 Å². The second kappa shape index (κ2) is 7.17. The summed E-state index contributed by atoms with van der Waals surface area (Å²) in [5, 5.41) is 9.96. The molecule has 2 aromatic rings. The Bertz CT molecular complexity index is 617. The predicted octanol–water partition coefficient (Wildman–Crippen LogP) is 3.54. The highest BCUT2D eigenvalue weighted by atomic mass is 32.1. The fraction of sp³-hybridized carbons (Fsp3) is 0.0625. The van der Waals surface area contributed by atoms with Crippen LogP contribution in [0.15, 0.2) is 54.6 Å². The van der Waals surface area contributed by atoms with E-state index in [-0.39, 0.29) is 0 Å². The number of thiocarbonyl (C=S) groups is 1. The summed E-state index contributed by atoms with van der Waals surface area (Å²) >= 11 is 5.30. The normalized spacial score (nSPS) is 9.35. The Balaban J connectivity index is 2.02. The van der Waals surface area contributed by atoms with Gasteiger partial charge in [-0.05, 0) is 36.5 Å². The number of hydrogen-bond donors (Lipinski definition) is 3. The van der Waals surface area contributed by atoms with E-state index in [0.29, 0.717) is 11.7 Å². The van der Waals surface area contributed by atoms with Gasteiger partial charge >= 0.3 is 0 Å². The van der Waals surface area contributed by atoms with Crippen LogP contribution < -0.4 is 16.0 Å². The quantitative estimate of drug-likeness (QED) is 0.592. The number of terminal acetylenes is 1. The van der Waals surface area contributed by atoms with E-state index in [9.17, 15) is 0 Å². The van der Waals surface area contributed by atoms with Crippen LogP contribution >= 0.6 is 12.2 Å². The van der Waals surface area contributed by atoms with Gasteiger partial charge in [-0.2, -0.15) is 0 Å². The van der Waals surface area contributed by atoms with Crippen LogP contribution in [-0.2, 0) is 0 Å². The number of anilines is 3. The number of rotatable bonds is 4. The summed E-state index contributed by atoms with van der Waals surface area (Å²) in [5.74, 6) is 2.55. The lowest BCUT2D eigenvalue weighted by atomic mass is 10.2. The van der Waals surface area contributed by atoms with Gasteiger partial charge < -0.3 is 16.0 Å². The van der Waals surface area contributed by atoms with Gasteiger partial charge in [-0.1, -0.05) is 36.3 Å². The fourth-order valence-electron chi connectivity index (χ4n) is 1.70. The van der Waals surface area contributed by atoms with E-state index in [0.717, 1.165) is 17.1 Å². The van der Waals surface area contributed by atoms with E-state index in [4.69, 9.17) is 18.6 Å². The molecule has 3 N–H and O–H groups in total. The van der Waals surface area contributed by atoms with Crippen molar-refractivity contribution in [3.05, 3.63) is 54.6 Å². The summed E-state index contributed by atoms with van der Waals surface area (Å²) in [4.78, 5) is 0. The maximum absolute atomic E-state index is 5.30. The maximum atomic E-state index is 5.30. The Morgan fingerprint density at radius 2 is 1.60 bits per heavy atom. The molecule has 0 aromatic heterocycles. The zero-order valence-electron chi connectivity index (χ0n) is 10.9. The third-order valence-corrected chi connectivity index (χ3v) is 2.79. The van der Waals surface area contributed by atoms with Crippen molar-refractivity contribution in [3.8, 4) is 12.3 Å². The van der Waals surface area contributed by atoms with Gasteiger partial charge in [-0.25, -0.2) is 0 Å². The van der Waals surface area contributed by atoms with Crippen LogP contribution in [0.3, 0.4) is 0 Å². The molecule has 2 aromatic carbocycles. The minimum Gasteiger partial charge on any atom is -0.372 e. The lowest BCUT2D eigenvalue weighted by Crippen LogP contribution is -2.19. The lowest BCUT2D eigenvalue weighted by Gasteiger charge is -2.14. The first-order valence-corrected chi connectivity index (χ1v) is 6.60. The Morgan fingerprint density at radius 1 is 0.950 bits per heavy atom. The van der Waals surface area contributed by atoms with Gasteiger partial charge in [0, 0.05) is 5.69 Å². The highest BCUT2D eigenvalue weighted by Crippen LogP contribution is 2.21. The smallest absolute Gasteiger partial charge is 0.175 e. The average Bonchev–Trinajstić information content (AvgIpc) is 2.47. The Hall–Kier alpha value is -2.51. The van der Waals surface area contributed by atoms with Gasteiger partial charge in [-0.15, -0.1) is 6.42 Å². The maximum Gasteiger partial charge on any atom is 0.175 e. The lowest BCUT2D eigenvalue weighted by molar-refractivity contribution is 1.38. The summed E-state index contributed by atoms with van der Waals surface area (Å²) < 4.78 is 0. The standard InChI is InChI=1S/C16H15N3S/c1-2-12-17-14-10-6-7-11-15(14)19-16(20)18-13-8-4-3-5-9-13/h1,3-11,17H,12H2,(H2,18,19,20). The second-order valence-electron chi connectivity index (χ2n) is 4.05. The van der Waals surface area contributed by atoms with E-state index < -0.39 is 0 Å². The summed E-state index contributed by atoms with van der Waals surface area (Å²) in [7, 11) is 0. The van der Waals surface area contributed by atoms with Gasteiger partial charge in [0.25, 0.3) is 0 Å². The molecule has 0 saturated carbocycles. The molecule has 0 aliphatic heterocycles. The molecular weight excluding hydrogens is 266 g/mol. The Labute approximate surface area is 124 Å². The van der Waals surface area contributed by atoms with Crippen molar-refractivity contribution in [2.75, 3.05) is 22.5 Å². The molecule has 0 unspecified atom stereocenters. The van der Waals surface area contributed by atoms with Gasteiger partial charge in [0.1, 0.15) is 0 Å². The van der Waals surface area contributed by atoms with Gasteiger partial charge in [0.15, 0.2) is 5.11 Å². The molecular formula is C16H15N3S. The van der Waals surface area contributed by atoms with Crippen molar-refractivity contribution in [2.45, 2.75) is 0 Å². The molecule has 0 spiro atoms. The molecule has 3 nitrogen and oxygen atoms in total. The highest BCUT2D eigenvalue weighted by Gasteiger charge is 2.03. The zero-order valence-corrected chi connectivity index (χ0v) is 11.7. The summed E-state index contributed by atoms with van der Waals surface area (Å²) in [5.41, 5.74) is 2.75. The summed E-state index contributed by atoms with van der Waals surface area (Å²) in [6, 6.07) is 17.5. The van der Waals surface area contributed by atoms with Gasteiger partial charge in [0.05, 0.1) is 17.9 Å². The summed E-state index contributed by atoms with van der Waals surface area (Å²) in [6.07, 6.45) is 5.26. The number of para-hydroxylation sites is 3. The second-order valence-corrected chi connectivity index (χ2v) is 4.46. The fourth-order valence-corrected chi connectivity index (χ4v) is 1.93. The largest absolute Gasteiger partial charge is 0.372 e. The van der Waals surface area contributed by atoms with Gasteiger partial charge in [0.2, 0.25) is 0 Å². The predicted molar refractivity (Wildman–Crippen MR) is 90.1 cm³/mol. The van der Waals surface area contributed by atoms with Crippen molar-refractivity contribution in [3.63, 3.8) is 0 Å². The first kappa shape index (κ1) is 13.9. The third-order valence-electron chi connectivity index (χ3n) is 2.59. The van der Waals surface area contributed by atoms with Crippen LogP contribution in [0.25, 0.3) is 0 Å². The number of hydrogen-bond acceptors (Lipinski definition) is 2. The Morgan fingerprint density at radius 3 is 2.30 bits per heavy atom. The molecule has 0 aliphatic carbocycles. The van der Waals surface area contributed by atoms with E-state index in [1.807, 2.05) is 54.6 Å². The molecule has 4 heteroatoms. The van der Waals surface area contributed by atoms with Crippen molar-refractivity contribution in [1.82, 2.24) is 0 Å². The van der Waals surface area contributed by atoms with Gasteiger partial charge in [-0.3, -0.25) is 0 Å². The third kappa shape index (κ3) is 4.01. The first-order valence-electron chi connectivity index (χ1n) is 6.19. The van der Waals surface area contributed by atoms with Crippen LogP contribution in [0, 0.1) is 12.3 Å². The van der Waals surface area contributed by atoms with E-state index in [2.05, 4.69) is 21.9 Å². The number of benzene rings is 2. The van der Waals surface area contributed by atoms with E-state index in [1.165, 1.54) is 0 Å². The van der Waals surface area contributed by atoms with Crippen molar-refractivity contribution < 1.29 is 0 Å². The van der Waals surface area contributed by atoms with Crippen molar-refractivity contribution in [2.24, 2.45) is 0 Å². The molecule has 2 rings (SSSR count). The van der Waals surface area contributed by atoms with Crippen LogP contribution in [0.2, 0.25) is 0 Å². The van der Waals surface area contributed by atoms with Crippen LogP contribution in [0.5, 0.6) is 0 Å². The van der Waals surface area contributed by atoms with Crippen molar-refractivity contribution >= 4 is 34.4 Å². The minimum absolute atomic E-state index is 0.470. The zero-order chi connectivity index (χ0) is 14.2. The molecule has 100 valence electrons. The monoisotopic (exact) mass is 281 g/mol. The molecule has 0 fully saturated rings. The first-order chi connectivity index (χ1) is 9.79. The molecule has 0 amide bonds. The minimum atomic E-state index is 0.470. The molecule has 0 radical (unpaired) electrons. The average molecular weight is 281 g/mol. The van der Waals surface area contributed by atoms with Crippen molar-refractivity contribution in [1.29, 1.82) is 0 Å². The summed E-state index contributed by atoms with van der Waals surface area (Å²) in [6.45, 7) is 0.470. The Kier molecular flexibility index (Phi) is 4.99. The SMILES string of the molecule is C#CCNc1ccccc1NC(=S)Nc1ccccc1. The van der Waals surface area contributed by atoms with Crippen LogP contribution in [0.4, 0.5) is 17.1 Å². The van der Waals surface area contributed by atoms with E-state index in [1.54, 1.807) is 0 Å². The molecule has 0 aliphatic rings. The molecule has 0 bridgehead atoms. The molecule has 20 heavy (non-hydrogen) atoms. The number of nitrogens with one attached hydrogen (secondary N) is 3. The molecule has 0 atom stereocenters. The highest BCUT2D eigenvalue weighted by molar-refractivity contribution is 7.80. The molecule has 0 heterocycles. The van der Waals surface area contributed by atoms with E-state index >= 15 is 0 Å². The van der Waals surface area contributed by atoms with Crippen LogP contribution in [0.1, 0.15) is 0 Å². The topological polar surface area (TPSA) is 36.1 Å².